The van der Waals surface area contributed by atoms with E-state index in [1.165, 1.54) is 33.3 Å². The van der Waals surface area contributed by atoms with E-state index >= 15 is 0 Å². The first kappa shape index (κ1) is 11.5. The summed E-state index contributed by atoms with van der Waals surface area (Å²) >= 11 is 0. The van der Waals surface area contributed by atoms with Crippen LogP contribution in [0.15, 0.2) is 54.6 Å². The van der Waals surface area contributed by atoms with Crippen molar-refractivity contribution in [3.8, 4) is 0 Å². The molecule has 20 heavy (non-hydrogen) atoms. The first-order valence-corrected chi connectivity index (χ1v) is 7.15. The number of aromatic nitrogens is 1. The van der Waals surface area contributed by atoms with Crippen LogP contribution in [0.2, 0.25) is 0 Å². The summed E-state index contributed by atoms with van der Waals surface area (Å²) < 4.78 is 0. The number of aryl methyl sites for hydroxylation is 1. The molecule has 1 unspecified atom stereocenters. The van der Waals surface area contributed by atoms with E-state index in [2.05, 4.69) is 72.6 Å². The Morgan fingerprint density at radius 1 is 1.05 bits per heavy atom. The molecule has 0 aliphatic heterocycles. The number of hydrogen-bond donors (Lipinski definition) is 1. The number of benzene rings is 2. The minimum Gasteiger partial charge on any atom is -0.355 e. The summed E-state index contributed by atoms with van der Waals surface area (Å²) in [4.78, 5) is 3.53. The van der Waals surface area contributed by atoms with Crippen LogP contribution in [0.4, 0.5) is 0 Å². The smallest absolute Gasteiger partial charge is 0.0461 e. The molecule has 1 aliphatic rings. The molecule has 0 saturated carbocycles. The van der Waals surface area contributed by atoms with Crippen LogP contribution in [0.5, 0.6) is 0 Å². The van der Waals surface area contributed by atoms with Gasteiger partial charge in [0, 0.05) is 22.5 Å². The van der Waals surface area contributed by atoms with Gasteiger partial charge >= 0.3 is 0 Å². The molecule has 1 aliphatic carbocycles. The minimum absolute atomic E-state index is 0.489. The summed E-state index contributed by atoms with van der Waals surface area (Å²) in [5.74, 6) is 0.489. The quantitative estimate of drug-likeness (QED) is 0.644. The van der Waals surface area contributed by atoms with Gasteiger partial charge in [-0.15, -0.1) is 0 Å². The van der Waals surface area contributed by atoms with Crippen molar-refractivity contribution in [3.05, 3.63) is 77.0 Å². The third kappa shape index (κ3) is 1.78. The fourth-order valence-corrected chi connectivity index (χ4v) is 3.17. The average molecular weight is 259 g/mol. The standard InChI is InChI=1S/C19H17N/c1-13-7-9-18-16(11-13)17-12-15(8-10-19(17)20-18)14-5-3-2-4-6-14/h2-11,15,20H,12H2,1H3. The molecule has 0 saturated heterocycles. The second-order valence-electron chi connectivity index (χ2n) is 5.65. The number of nitrogens with one attached hydrogen (secondary N) is 1. The van der Waals surface area contributed by atoms with Crippen LogP contribution < -0.4 is 0 Å². The monoisotopic (exact) mass is 259 g/mol. The first-order valence-electron chi connectivity index (χ1n) is 7.15. The SMILES string of the molecule is Cc1ccc2[nH]c3c(c2c1)CC(c1ccccc1)C=C3. The Morgan fingerprint density at radius 2 is 1.90 bits per heavy atom. The Bertz CT molecular complexity index is 793. The molecule has 0 radical (unpaired) electrons. The summed E-state index contributed by atoms with van der Waals surface area (Å²) in [6, 6.07) is 17.4. The Balaban J connectivity index is 1.82. The van der Waals surface area contributed by atoms with Crippen molar-refractivity contribution in [1.82, 2.24) is 4.98 Å². The maximum absolute atomic E-state index is 3.53. The first-order chi connectivity index (χ1) is 9.81. The zero-order valence-corrected chi connectivity index (χ0v) is 11.6. The number of rotatable bonds is 1. The molecule has 0 spiro atoms. The summed E-state index contributed by atoms with van der Waals surface area (Å²) in [6.45, 7) is 2.16. The topological polar surface area (TPSA) is 15.8 Å². The highest BCUT2D eigenvalue weighted by Gasteiger charge is 2.19. The van der Waals surface area contributed by atoms with Gasteiger partial charge in [-0.05, 0) is 42.7 Å². The lowest BCUT2D eigenvalue weighted by molar-refractivity contribution is 0.831. The number of allylic oxidation sites excluding steroid dienone is 1. The lowest BCUT2D eigenvalue weighted by atomic mass is 9.86. The molecule has 1 heterocycles. The molecule has 1 nitrogen and oxygen atoms in total. The Kier molecular flexibility index (Phi) is 2.53. The van der Waals surface area contributed by atoms with Crippen molar-refractivity contribution >= 4 is 17.0 Å². The van der Waals surface area contributed by atoms with Crippen molar-refractivity contribution in [1.29, 1.82) is 0 Å². The predicted octanol–water partition coefficient (Wildman–Crippen LogP) is 4.83. The maximum atomic E-state index is 3.53. The highest BCUT2D eigenvalue weighted by molar-refractivity contribution is 5.88. The van der Waals surface area contributed by atoms with Gasteiger partial charge in [-0.2, -0.15) is 0 Å². The zero-order valence-electron chi connectivity index (χ0n) is 11.6. The van der Waals surface area contributed by atoms with Gasteiger partial charge in [-0.1, -0.05) is 48.0 Å². The van der Waals surface area contributed by atoms with Crippen molar-refractivity contribution in [2.24, 2.45) is 0 Å². The second kappa shape index (κ2) is 4.38. The molecule has 0 bridgehead atoms. The maximum Gasteiger partial charge on any atom is 0.0461 e. The van der Waals surface area contributed by atoms with Crippen LogP contribution >= 0.6 is 0 Å². The highest BCUT2D eigenvalue weighted by Crippen LogP contribution is 2.34. The van der Waals surface area contributed by atoms with E-state index < -0.39 is 0 Å². The normalized spacial score (nSPS) is 17.4. The molecule has 2 aromatic carbocycles. The molecule has 4 rings (SSSR count). The van der Waals surface area contributed by atoms with Crippen LogP contribution in [0.3, 0.4) is 0 Å². The Morgan fingerprint density at radius 3 is 2.75 bits per heavy atom. The van der Waals surface area contributed by atoms with Gasteiger partial charge in [-0.25, -0.2) is 0 Å². The number of fused-ring (bicyclic) bond motifs is 3. The number of H-pyrrole nitrogens is 1. The fraction of sp³-hybridized carbons (Fsp3) is 0.158. The van der Waals surface area contributed by atoms with Crippen LogP contribution in [0.25, 0.3) is 17.0 Å². The Hall–Kier alpha value is -2.28. The van der Waals surface area contributed by atoms with Crippen molar-refractivity contribution in [2.45, 2.75) is 19.3 Å². The van der Waals surface area contributed by atoms with Crippen LogP contribution in [0.1, 0.15) is 28.3 Å². The van der Waals surface area contributed by atoms with E-state index in [0.717, 1.165) is 6.42 Å². The minimum atomic E-state index is 0.489. The van der Waals surface area contributed by atoms with E-state index in [1.54, 1.807) is 0 Å². The van der Waals surface area contributed by atoms with Crippen LogP contribution in [-0.4, -0.2) is 4.98 Å². The van der Waals surface area contributed by atoms with Gasteiger partial charge in [0.15, 0.2) is 0 Å². The van der Waals surface area contributed by atoms with E-state index in [0.29, 0.717) is 5.92 Å². The van der Waals surface area contributed by atoms with Gasteiger partial charge in [0.25, 0.3) is 0 Å². The largest absolute Gasteiger partial charge is 0.355 e. The van der Waals surface area contributed by atoms with Crippen LogP contribution in [0, 0.1) is 6.92 Å². The van der Waals surface area contributed by atoms with Gasteiger partial charge < -0.3 is 4.98 Å². The summed E-state index contributed by atoms with van der Waals surface area (Å²) in [5.41, 5.74) is 6.71. The molecule has 1 heteroatoms. The summed E-state index contributed by atoms with van der Waals surface area (Å²) in [6.07, 6.45) is 5.64. The lowest BCUT2D eigenvalue weighted by Crippen LogP contribution is -2.04. The third-order valence-corrected chi connectivity index (χ3v) is 4.24. The van der Waals surface area contributed by atoms with Gasteiger partial charge in [0.2, 0.25) is 0 Å². The third-order valence-electron chi connectivity index (χ3n) is 4.24. The van der Waals surface area contributed by atoms with Crippen molar-refractivity contribution in [3.63, 3.8) is 0 Å². The zero-order chi connectivity index (χ0) is 13.5. The molecular formula is C19H17N. The summed E-state index contributed by atoms with van der Waals surface area (Å²) in [7, 11) is 0. The second-order valence-corrected chi connectivity index (χ2v) is 5.65. The van der Waals surface area contributed by atoms with Crippen LogP contribution in [-0.2, 0) is 6.42 Å². The van der Waals surface area contributed by atoms with Crippen molar-refractivity contribution < 1.29 is 0 Å². The van der Waals surface area contributed by atoms with E-state index in [4.69, 9.17) is 0 Å². The summed E-state index contributed by atoms with van der Waals surface area (Å²) in [5, 5.41) is 1.38. The molecule has 0 amide bonds. The van der Waals surface area contributed by atoms with E-state index in [9.17, 15) is 0 Å². The van der Waals surface area contributed by atoms with E-state index in [-0.39, 0.29) is 0 Å². The molecule has 98 valence electrons. The van der Waals surface area contributed by atoms with E-state index in [1.807, 2.05) is 0 Å². The number of hydrogen-bond acceptors (Lipinski definition) is 0. The van der Waals surface area contributed by atoms with Gasteiger partial charge in [0.1, 0.15) is 0 Å². The highest BCUT2D eigenvalue weighted by atomic mass is 14.7. The fourth-order valence-electron chi connectivity index (χ4n) is 3.17. The molecular weight excluding hydrogens is 242 g/mol. The predicted molar refractivity (Wildman–Crippen MR) is 85.0 cm³/mol. The number of aromatic amines is 1. The molecule has 1 aromatic heterocycles. The molecule has 0 fully saturated rings. The molecule has 1 N–H and O–H groups in total. The Labute approximate surface area is 119 Å². The molecule has 1 atom stereocenters. The van der Waals surface area contributed by atoms with Gasteiger partial charge in [-0.3, -0.25) is 0 Å². The average Bonchev–Trinajstić information content (AvgIpc) is 2.85. The lowest BCUT2D eigenvalue weighted by Gasteiger charge is -2.17. The van der Waals surface area contributed by atoms with Crippen molar-refractivity contribution in [2.75, 3.05) is 0 Å². The molecule has 3 aromatic rings. The van der Waals surface area contributed by atoms with Gasteiger partial charge in [0.05, 0.1) is 0 Å².